The lowest BCUT2D eigenvalue weighted by Crippen LogP contribution is -2.49. The Morgan fingerprint density at radius 3 is 2.96 bits per heavy atom. The van der Waals surface area contributed by atoms with Crippen LogP contribution in [0.3, 0.4) is 0 Å². The molecule has 0 radical (unpaired) electrons. The number of carbonyl (C=O) groups is 1. The highest BCUT2D eigenvalue weighted by atomic mass is 35.5. The molecular weight excluding hydrogens is 368 g/mol. The van der Waals surface area contributed by atoms with E-state index in [1.54, 1.807) is 6.07 Å². The number of morpholine rings is 1. The Bertz CT molecular complexity index is 652. The number of benzene rings is 1. The number of methoxy groups -OCH3 is 1. The van der Waals surface area contributed by atoms with Gasteiger partial charge in [-0.15, -0.1) is 0 Å². The number of halogens is 1. The number of nitrogen functional groups attached to an aromatic ring is 1. The van der Waals surface area contributed by atoms with Crippen molar-refractivity contribution in [2.75, 3.05) is 58.7 Å². The molecule has 8 heteroatoms. The molecule has 0 spiro atoms. The Labute approximate surface area is 165 Å². The van der Waals surface area contributed by atoms with Crippen molar-refractivity contribution in [3.63, 3.8) is 0 Å². The average molecular weight is 397 g/mol. The van der Waals surface area contributed by atoms with Crippen LogP contribution < -0.4 is 21.1 Å². The minimum atomic E-state index is -0.243. The van der Waals surface area contributed by atoms with Gasteiger partial charge < -0.3 is 25.8 Å². The molecule has 2 saturated heterocycles. The number of hydrogen-bond acceptors (Lipinski definition) is 6. The number of rotatable bonds is 6. The lowest BCUT2D eigenvalue weighted by atomic mass is 9.97. The largest absolute Gasteiger partial charge is 0.496 e. The Morgan fingerprint density at radius 1 is 1.44 bits per heavy atom. The Hall–Kier alpha value is -1.54. The summed E-state index contributed by atoms with van der Waals surface area (Å²) in [5, 5.41) is 6.68. The highest BCUT2D eigenvalue weighted by molar-refractivity contribution is 6.33. The third kappa shape index (κ3) is 5.48. The van der Waals surface area contributed by atoms with Crippen LogP contribution in [0.15, 0.2) is 12.1 Å². The quantitative estimate of drug-likeness (QED) is 0.629. The van der Waals surface area contributed by atoms with Crippen LogP contribution in [0.25, 0.3) is 0 Å². The third-order valence-electron chi connectivity index (χ3n) is 5.25. The van der Waals surface area contributed by atoms with Crippen LogP contribution in [-0.4, -0.2) is 69.9 Å². The van der Waals surface area contributed by atoms with Gasteiger partial charge in [-0.05, 0) is 37.9 Å². The molecule has 150 valence electrons. The first-order chi connectivity index (χ1) is 13.1. The van der Waals surface area contributed by atoms with Crippen LogP contribution >= 0.6 is 11.6 Å². The number of amides is 1. The van der Waals surface area contributed by atoms with Crippen molar-refractivity contribution in [1.82, 2.24) is 15.5 Å². The van der Waals surface area contributed by atoms with Crippen molar-refractivity contribution in [1.29, 1.82) is 0 Å². The Kier molecular flexibility index (Phi) is 7.18. The summed E-state index contributed by atoms with van der Waals surface area (Å²) in [6, 6.07) is 3.10. The maximum atomic E-state index is 12.6. The van der Waals surface area contributed by atoms with E-state index in [-0.39, 0.29) is 12.0 Å². The van der Waals surface area contributed by atoms with Gasteiger partial charge in [0.15, 0.2) is 0 Å². The smallest absolute Gasteiger partial charge is 0.255 e. The minimum Gasteiger partial charge on any atom is -0.496 e. The standard InChI is InChI=1S/C19H29ClN4O3/c1-26-18-9-17(21)16(20)8-15(18)19(25)23-10-14-12-24(6-7-27-14)11-13-2-4-22-5-3-13/h8-9,13-14,22H,2-7,10-12,21H2,1H3,(H,23,25). The molecule has 0 bridgehead atoms. The summed E-state index contributed by atoms with van der Waals surface area (Å²) in [6.07, 6.45) is 2.45. The van der Waals surface area contributed by atoms with Crippen molar-refractivity contribution >= 4 is 23.2 Å². The van der Waals surface area contributed by atoms with Gasteiger partial charge in [-0.1, -0.05) is 11.6 Å². The van der Waals surface area contributed by atoms with Crippen molar-refractivity contribution < 1.29 is 14.3 Å². The SMILES string of the molecule is COc1cc(N)c(Cl)cc1C(=O)NCC1CN(CC2CCNCC2)CCO1. The summed E-state index contributed by atoms with van der Waals surface area (Å²) in [4.78, 5) is 15.0. The molecule has 2 heterocycles. The van der Waals surface area contributed by atoms with E-state index < -0.39 is 0 Å². The minimum absolute atomic E-state index is 0.0142. The molecule has 0 saturated carbocycles. The summed E-state index contributed by atoms with van der Waals surface area (Å²) in [5.74, 6) is 0.917. The van der Waals surface area contributed by atoms with E-state index in [2.05, 4.69) is 15.5 Å². The maximum Gasteiger partial charge on any atom is 0.255 e. The number of nitrogens with zero attached hydrogens (tertiary/aromatic N) is 1. The van der Waals surface area contributed by atoms with Gasteiger partial charge in [0.1, 0.15) is 5.75 Å². The lowest BCUT2D eigenvalue weighted by molar-refractivity contribution is -0.0320. The first-order valence-electron chi connectivity index (χ1n) is 9.52. The maximum absolute atomic E-state index is 12.6. The van der Waals surface area contributed by atoms with Crippen molar-refractivity contribution in [3.05, 3.63) is 22.7 Å². The highest BCUT2D eigenvalue weighted by Gasteiger charge is 2.25. The number of nitrogens with two attached hydrogens (primary N) is 1. The number of carbonyl (C=O) groups excluding carboxylic acids is 1. The van der Waals surface area contributed by atoms with Gasteiger partial charge in [0.2, 0.25) is 0 Å². The zero-order chi connectivity index (χ0) is 19.2. The van der Waals surface area contributed by atoms with Gasteiger partial charge >= 0.3 is 0 Å². The van der Waals surface area contributed by atoms with E-state index in [4.69, 9.17) is 26.8 Å². The predicted molar refractivity (Wildman–Crippen MR) is 107 cm³/mol. The van der Waals surface area contributed by atoms with Gasteiger partial charge in [0.05, 0.1) is 36.1 Å². The molecule has 27 heavy (non-hydrogen) atoms. The second-order valence-corrected chi connectivity index (χ2v) is 7.64. The molecule has 1 amide bonds. The average Bonchev–Trinajstić information content (AvgIpc) is 2.69. The van der Waals surface area contributed by atoms with Gasteiger partial charge in [0.25, 0.3) is 5.91 Å². The number of ether oxygens (including phenoxy) is 2. The molecule has 1 unspecified atom stereocenters. The molecule has 0 aliphatic carbocycles. The number of piperidine rings is 1. The van der Waals surface area contributed by atoms with Crippen LogP contribution in [0, 0.1) is 5.92 Å². The van der Waals surface area contributed by atoms with Crippen molar-refractivity contribution in [2.24, 2.45) is 5.92 Å². The van der Waals surface area contributed by atoms with E-state index >= 15 is 0 Å². The van der Waals surface area contributed by atoms with E-state index in [1.807, 2.05) is 0 Å². The van der Waals surface area contributed by atoms with Crippen LogP contribution in [0.1, 0.15) is 23.2 Å². The molecule has 4 N–H and O–H groups in total. The summed E-state index contributed by atoms with van der Waals surface area (Å²) in [5.41, 5.74) is 6.53. The van der Waals surface area contributed by atoms with Crippen LogP contribution in [-0.2, 0) is 4.74 Å². The summed E-state index contributed by atoms with van der Waals surface area (Å²) >= 11 is 6.05. The van der Waals surface area contributed by atoms with Gasteiger partial charge in [-0.25, -0.2) is 0 Å². The van der Waals surface area contributed by atoms with Crippen LogP contribution in [0.4, 0.5) is 5.69 Å². The normalized spacial score (nSPS) is 21.8. The molecule has 1 aromatic carbocycles. The molecular formula is C19H29ClN4O3. The second kappa shape index (κ2) is 9.59. The lowest BCUT2D eigenvalue weighted by Gasteiger charge is -2.36. The zero-order valence-corrected chi connectivity index (χ0v) is 16.6. The van der Waals surface area contributed by atoms with Gasteiger partial charge in [0, 0.05) is 32.2 Å². The summed E-state index contributed by atoms with van der Waals surface area (Å²) < 4.78 is 11.1. The fraction of sp³-hybridized carbons (Fsp3) is 0.632. The van der Waals surface area contributed by atoms with E-state index in [0.29, 0.717) is 35.2 Å². The van der Waals surface area contributed by atoms with E-state index in [1.165, 1.54) is 26.0 Å². The molecule has 2 aliphatic heterocycles. The molecule has 7 nitrogen and oxygen atoms in total. The predicted octanol–water partition coefficient (Wildman–Crippen LogP) is 1.36. The van der Waals surface area contributed by atoms with E-state index in [9.17, 15) is 4.79 Å². The molecule has 1 atom stereocenters. The summed E-state index contributed by atoms with van der Waals surface area (Å²) in [6.45, 7) is 6.27. The van der Waals surface area contributed by atoms with Gasteiger partial charge in [-0.3, -0.25) is 9.69 Å². The molecule has 3 rings (SSSR count). The topological polar surface area (TPSA) is 88.8 Å². The first-order valence-corrected chi connectivity index (χ1v) is 9.90. The summed E-state index contributed by atoms with van der Waals surface area (Å²) in [7, 11) is 1.50. The number of anilines is 1. The third-order valence-corrected chi connectivity index (χ3v) is 5.58. The van der Waals surface area contributed by atoms with Crippen LogP contribution in [0.2, 0.25) is 5.02 Å². The van der Waals surface area contributed by atoms with Crippen molar-refractivity contribution in [2.45, 2.75) is 18.9 Å². The monoisotopic (exact) mass is 396 g/mol. The van der Waals surface area contributed by atoms with Crippen LogP contribution in [0.5, 0.6) is 5.75 Å². The first kappa shape index (κ1) is 20.2. The zero-order valence-electron chi connectivity index (χ0n) is 15.8. The highest BCUT2D eigenvalue weighted by Crippen LogP contribution is 2.28. The Morgan fingerprint density at radius 2 is 2.22 bits per heavy atom. The molecule has 2 aliphatic rings. The molecule has 1 aromatic rings. The van der Waals surface area contributed by atoms with E-state index in [0.717, 1.165) is 38.6 Å². The fourth-order valence-electron chi connectivity index (χ4n) is 3.72. The van der Waals surface area contributed by atoms with Crippen molar-refractivity contribution in [3.8, 4) is 5.75 Å². The van der Waals surface area contributed by atoms with Gasteiger partial charge in [-0.2, -0.15) is 0 Å². The number of nitrogens with one attached hydrogen (secondary N) is 2. The Balaban J connectivity index is 1.51. The molecule has 2 fully saturated rings. The second-order valence-electron chi connectivity index (χ2n) is 7.23. The fourth-order valence-corrected chi connectivity index (χ4v) is 3.88. The number of hydrogen-bond donors (Lipinski definition) is 3. The molecule has 0 aromatic heterocycles.